The summed E-state index contributed by atoms with van der Waals surface area (Å²) in [5.41, 5.74) is 14.3. The first-order chi connectivity index (χ1) is 28.7. The lowest BCUT2D eigenvalue weighted by molar-refractivity contribution is 0.911. The first-order valence-corrected chi connectivity index (χ1v) is 18.9. The van der Waals surface area contributed by atoms with E-state index in [0.717, 1.165) is 78.1 Å². The highest BCUT2D eigenvalue weighted by atomic mass is 15.2. The molecule has 3 heterocycles. The molecule has 0 aliphatic carbocycles. The average Bonchev–Trinajstić information content (AvgIpc) is 3.82. The number of anilines is 3. The van der Waals surface area contributed by atoms with E-state index in [4.69, 9.17) is 9.10 Å². The van der Waals surface area contributed by atoms with Crippen molar-refractivity contribution in [2.24, 2.45) is 6.98 Å². The number of para-hydroxylation sites is 4. The van der Waals surface area contributed by atoms with Gasteiger partial charge in [0.05, 0.1) is 22.4 Å². The van der Waals surface area contributed by atoms with Crippen LogP contribution >= 0.6 is 0 Å². The molecular weight excluding hydrogens is 683 g/mol. The smallest absolute Gasteiger partial charge is 0.191 e. The molecule has 268 valence electrons. The van der Waals surface area contributed by atoms with Crippen molar-refractivity contribution in [2.75, 3.05) is 4.90 Å². The van der Waals surface area contributed by atoms with Gasteiger partial charge in [-0.3, -0.25) is 4.57 Å². The Hall–Kier alpha value is -7.24. The Morgan fingerprint density at radius 1 is 0.536 bits per heavy atom. The number of rotatable bonds is 7. The summed E-state index contributed by atoms with van der Waals surface area (Å²) in [5, 5.41) is 2.28. The zero-order valence-corrected chi connectivity index (χ0v) is 31.1. The van der Waals surface area contributed by atoms with E-state index in [2.05, 4.69) is 157 Å². The minimum atomic E-state index is -2.33. The molecule has 0 unspecified atom stereocenters. The third kappa shape index (κ3) is 5.56. The van der Waals surface area contributed by atoms with Crippen molar-refractivity contribution in [2.45, 2.75) is 13.8 Å². The summed E-state index contributed by atoms with van der Waals surface area (Å²) in [6, 6.07) is 60.9. The molecule has 0 spiro atoms. The van der Waals surface area contributed by atoms with Gasteiger partial charge in [-0.15, -0.1) is 0 Å². The number of fused-ring (bicyclic) bond motifs is 4. The Kier molecular flexibility index (Phi) is 7.29. The maximum absolute atomic E-state index is 8.27. The monoisotopic (exact) mass is 725 g/mol. The predicted octanol–water partition coefficient (Wildman–Crippen LogP) is 13.2. The topological polar surface area (TPSA) is 30.9 Å². The lowest BCUT2D eigenvalue weighted by atomic mass is 9.95. The van der Waals surface area contributed by atoms with E-state index in [1.54, 1.807) is 6.33 Å². The summed E-state index contributed by atoms with van der Waals surface area (Å²) in [7, 11) is 0. The van der Waals surface area contributed by atoms with E-state index >= 15 is 0 Å². The van der Waals surface area contributed by atoms with Gasteiger partial charge in [-0.05, 0) is 102 Å². The molecule has 7 aromatic carbocycles. The average molecular weight is 726 g/mol. The molecule has 10 aromatic rings. The molecule has 0 radical (unpaired) electrons. The second-order valence-corrected chi connectivity index (χ2v) is 14.3. The molecule has 56 heavy (non-hydrogen) atoms. The van der Waals surface area contributed by atoms with E-state index in [1.165, 1.54) is 15.7 Å². The fraction of sp³-hybridized carbons (Fsp3) is 0.0588. The van der Waals surface area contributed by atoms with Crippen LogP contribution in [0.25, 0.3) is 66.6 Å². The summed E-state index contributed by atoms with van der Waals surface area (Å²) in [6.07, 6.45) is 3.59. The highest BCUT2D eigenvalue weighted by Gasteiger charge is 2.22. The maximum Gasteiger partial charge on any atom is 0.191 e. The quantitative estimate of drug-likeness (QED) is 0.153. The molecule has 10 rings (SSSR count). The number of hydrogen-bond acceptors (Lipinski definition) is 2. The van der Waals surface area contributed by atoms with Gasteiger partial charge >= 0.3 is 0 Å². The van der Waals surface area contributed by atoms with Gasteiger partial charge in [0.15, 0.2) is 17.4 Å². The van der Waals surface area contributed by atoms with Gasteiger partial charge in [-0.1, -0.05) is 97.1 Å². The molecule has 0 saturated carbocycles. The lowest BCUT2D eigenvalue weighted by Crippen LogP contribution is -2.13. The number of aromatic nitrogens is 4. The molecule has 0 bridgehead atoms. The predicted molar refractivity (Wildman–Crippen MR) is 234 cm³/mol. The van der Waals surface area contributed by atoms with Crippen molar-refractivity contribution < 1.29 is 4.11 Å². The number of benzene rings is 7. The van der Waals surface area contributed by atoms with Gasteiger partial charge < -0.3 is 4.90 Å². The molecule has 0 saturated heterocycles. The molecule has 5 nitrogen and oxygen atoms in total. The van der Waals surface area contributed by atoms with Gasteiger partial charge in [0.2, 0.25) is 0 Å². The fourth-order valence-electron chi connectivity index (χ4n) is 8.32. The van der Waals surface area contributed by atoms with Crippen LogP contribution in [0, 0.1) is 13.8 Å². The van der Waals surface area contributed by atoms with Gasteiger partial charge in [0.25, 0.3) is 0 Å². The summed E-state index contributed by atoms with van der Waals surface area (Å²) in [5.74, 6) is 0.830. The molecule has 0 fully saturated rings. The summed E-state index contributed by atoms with van der Waals surface area (Å²) in [6.45, 7) is 1.96. The summed E-state index contributed by atoms with van der Waals surface area (Å²) >= 11 is 0. The van der Waals surface area contributed by atoms with Gasteiger partial charge in [0, 0.05) is 58.0 Å². The van der Waals surface area contributed by atoms with Crippen molar-refractivity contribution in [1.29, 1.82) is 0 Å². The molecule has 0 atom stereocenters. The van der Waals surface area contributed by atoms with E-state index in [-0.39, 0.29) is 0 Å². The summed E-state index contributed by atoms with van der Waals surface area (Å²) < 4.78 is 30.4. The second-order valence-electron chi connectivity index (χ2n) is 14.3. The Bertz CT molecular complexity index is 3180. The lowest BCUT2D eigenvalue weighted by Gasteiger charge is -2.29. The Morgan fingerprint density at radius 2 is 1.20 bits per heavy atom. The highest BCUT2D eigenvalue weighted by Crippen LogP contribution is 2.43. The second kappa shape index (κ2) is 13.6. The maximum atomic E-state index is 8.27. The number of aryl methyl sites for hydroxylation is 3. The van der Waals surface area contributed by atoms with Gasteiger partial charge in [-0.2, -0.15) is 4.57 Å². The van der Waals surface area contributed by atoms with E-state index < -0.39 is 6.98 Å². The highest BCUT2D eigenvalue weighted by molar-refractivity contribution is 6.10. The molecule has 5 heteroatoms. The Morgan fingerprint density at radius 3 is 2.00 bits per heavy atom. The Balaban J connectivity index is 1.17. The number of pyridine rings is 1. The normalized spacial score (nSPS) is 12.5. The van der Waals surface area contributed by atoms with Gasteiger partial charge in [0.1, 0.15) is 11.5 Å². The number of nitrogens with zero attached hydrogens (tertiary/aromatic N) is 5. The van der Waals surface area contributed by atoms with Crippen LogP contribution in [0.15, 0.2) is 188 Å². The molecule has 0 amide bonds. The van der Waals surface area contributed by atoms with Crippen LogP contribution in [0.5, 0.6) is 0 Å². The van der Waals surface area contributed by atoms with Crippen LogP contribution < -0.4 is 4.90 Å². The molecule has 3 aromatic heterocycles. The standard InChI is InChI=1S/C51H40N5/c1-35-15-13-16-36(2)51(35)55(40-20-14-19-39(32-40)54-34-53(3)47-25-11-12-26-48(47)54)41-27-28-45-44-23-9-10-24-46(44)56(49(45)33-41)50-31-38(29-30-52-50)43-22-8-7-21-42(43)37-17-5-4-6-18-37/h4-34H,1-3H3/q+1/i3D3. The summed E-state index contributed by atoms with van der Waals surface area (Å²) in [4.78, 5) is 7.34. The largest absolute Gasteiger partial charge is 0.309 e. The van der Waals surface area contributed by atoms with Crippen LogP contribution in [-0.2, 0) is 6.98 Å². The van der Waals surface area contributed by atoms with Crippen LogP contribution in [0.1, 0.15) is 15.2 Å². The first-order valence-electron chi connectivity index (χ1n) is 20.4. The zero-order chi connectivity index (χ0) is 40.3. The number of hydrogen-bond donors (Lipinski definition) is 0. The van der Waals surface area contributed by atoms with E-state index in [0.29, 0.717) is 5.52 Å². The van der Waals surface area contributed by atoms with Crippen molar-refractivity contribution >= 4 is 49.9 Å². The van der Waals surface area contributed by atoms with E-state index in [1.807, 2.05) is 53.2 Å². The van der Waals surface area contributed by atoms with Crippen LogP contribution in [0.4, 0.5) is 17.1 Å². The van der Waals surface area contributed by atoms with Crippen molar-refractivity contribution in [3.8, 4) is 33.8 Å². The zero-order valence-electron chi connectivity index (χ0n) is 34.1. The van der Waals surface area contributed by atoms with E-state index in [9.17, 15) is 0 Å². The molecular formula is C51H40N5+. The minimum absolute atomic E-state index is 0.643. The third-order valence-corrected chi connectivity index (χ3v) is 10.9. The molecule has 0 N–H and O–H groups in total. The third-order valence-electron chi connectivity index (χ3n) is 10.9. The van der Waals surface area contributed by atoms with Gasteiger partial charge in [-0.25, -0.2) is 9.55 Å². The van der Waals surface area contributed by atoms with Crippen LogP contribution in [-0.4, -0.2) is 18.7 Å². The molecule has 0 aliphatic rings. The molecule has 0 aliphatic heterocycles. The number of imidazole rings is 1. The first kappa shape index (κ1) is 30.1. The van der Waals surface area contributed by atoms with Crippen LogP contribution in [0.3, 0.4) is 0 Å². The minimum Gasteiger partial charge on any atom is -0.309 e. The van der Waals surface area contributed by atoms with Crippen molar-refractivity contribution in [3.05, 3.63) is 200 Å². The van der Waals surface area contributed by atoms with Crippen molar-refractivity contribution in [3.63, 3.8) is 0 Å². The fourth-order valence-corrected chi connectivity index (χ4v) is 8.32. The van der Waals surface area contributed by atoms with Crippen molar-refractivity contribution in [1.82, 2.24) is 18.7 Å². The van der Waals surface area contributed by atoms with Crippen LogP contribution in [0.2, 0.25) is 0 Å². The Labute approximate surface area is 330 Å². The SMILES string of the molecule is [2H]C([2H])([2H])n1[cH+]n(-c2cccc(N(c3ccc4c5ccccc5n(-c5cc(-c6ccccc6-c6ccccc6)ccn5)c4c3)c3c(C)cccc3C)c2)c2ccccc21.